The summed E-state index contributed by atoms with van der Waals surface area (Å²) in [5.74, 6) is -0.0535. The molecule has 0 aromatic carbocycles. The van der Waals surface area contributed by atoms with E-state index in [1.54, 1.807) is 6.08 Å². The number of carbonyl (C=O) groups is 2. The summed E-state index contributed by atoms with van der Waals surface area (Å²) in [5.41, 5.74) is 0. The normalized spacial score (nSPS) is 12.8. The molecule has 1 amide bonds. The molecule has 0 aromatic rings. The van der Waals surface area contributed by atoms with Crippen LogP contribution in [0.1, 0.15) is 444 Å². The van der Waals surface area contributed by atoms with Gasteiger partial charge in [0.1, 0.15) is 0 Å². The summed E-state index contributed by atoms with van der Waals surface area (Å²) in [6.07, 6.45) is 108. The molecule has 0 saturated carbocycles. The largest absolute Gasteiger partial charge is 0.466 e. The van der Waals surface area contributed by atoms with Gasteiger partial charge in [-0.05, 0) is 96.3 Å². The first-order chi connectivity index (χ1) is 45.0. The summed E-state index contributed by atoms with van der Waals surface area (Å²) in [5, 5.41) is 23.3. The molecular weight excluding hydrogens is 1110 g/mol. The van der Waals surface area contributed by atoms with Gasteiger partial charge in [-0.2, -0.15) is 0 Å². The first-order valence-electron chi connectivity index (χ1n) is 41.1. The van der Waals surface area contributed by atoms with E-state index in [1.807, 2.05) is 6.08 Å². The van der Waals surface area contributed by atoms with E-state index in [9.17, 15) is 19.8 Å². The van der Waals surface area contributed by atoms with Crippen molar-refractivity contribution in [1.29, 1.82) is 0 Å². The first kappa shape index (κ1) is 88.6. The van der Waals surface area contributed by atoms with Crippen LogP contribution >= 0.6 is 0 Å². The molecule has 2 atom stereocenters. The summed E-state index contributed by atoms with van der Waals surface area (Å²) in [6.45, 7) is 4.92. The van der Waals surface area contributed by atoms with E-state index in [2.05, 4.69) is 67.8 Å². The average molecular weight is 1280 g/mol. The average Bonchev–Trinajstić information content (AvgIpc) is 3.65. The lowest BCUT2D eigenvalue weighted by Gasteiger charge is -2.20. The van der Waals surface area contributed by atoms with Gasteiger partial charge in [-0.1, -0.05) is 396 Å². The lowest BCUT2D eigenvalue weighted by Crippen LogP contribution is -2.45. The Morgan fingerprint density at radius 3 is 0.857 bits per heavy atom. The van der Waals surface area contributed by atoms with Gasteiger partial charge in [0.15, 0.2) is 0 Å². The lowest BCUT2D eigenvalue weighted by atomic mass is 10.0. The molecule has 0 aliphatic rings. The van der Waals surface area contributed by atoms with Crippen molar-refractivity contribution in [2.24, 2.45) is 0 Å². The minimum Gasteiger partial charge on any atom is -0.466 e. The van der Waals surface area contributed by atoms with Crippen LogP contribution in [0.3, 0.4) is 0 Å². The third-order valence-corrected chi connectivity index (χ3v) is 19.0. The maximum Gasteiger partial charge on any atom is 0.305 e. The fourth-order valence-electron chi connectivity index (χ4n) is 12.8. The number of esters is 1. The highest BCUT2D eigenvalue weighted by Gasteiger charge is 2.18. The Bertz CT molecular complexity index is 1570. The van der Waals surface area contributed by atoms with Crippen molar-refractivity contribution in [1.82, 2.24) is 5.32 Å². The van der Waals surface area contributed by atoms with Gasteiger partial charge < -0.3 is 20.3 Å². The minimum atomic E-state index is -0.847. The van der Waals surface area contributed by atoms with Gasteiger partial charge in [0, 0.05) is 12.8 Å². The number of rotatable bonds is 77. The third-order valence-electron chi connectivity index (χ3n) is 19.0. The fourth-order valence-corrected chi connectivity index (χ4v) is 12.8. The second kappa shape index (κ2) is 80.0. The monoisotopic (exact) mass is 1270 g/mol. The van der Waals surface area contributed by atoms with Crippen LogP contribution in [0.15, 0.2) is 60.8 Å². The van der Waals surface area contributed by atoms with Crippen molar-refractivity contribution >= 4 is 11.9 Å². The van der Waals surface area contributed by atoms with E-state index >= 15 is 0 Å². The number of hydrogen-bond donors (Lipinski definition) is 3. The predicted molar refractivity (Wildman–Crippen MR) is 402 cm³/mol. The number of hydrogen-bond acceptors (Lipinski definition) is 5. The molecule has 0 rings (SSSR count). The molecule has 91 heavy (non-hydrogen) atoms. The molecule has 0 bridgehead atoms. The summed E-state index contributed by atoms with van der Waals surface area (Å²) in [4.78, 5) is 24.7. The third kappa shape index (κ3) is 76.5. The molecule has 0 fully saturated rings. The number of amides is 1. The molecule has 0 radical (unpaired) electrons. The molecule has 6 nitrogen and oxygen atoms in total. The van der Waals surface area contributed by atoms with Gasteiger partial charge in [-0.25, -0.2) is 0 Å². The zero-order chi connectivity index (χ0) is 65.6. The van der Waals surface area contributed by atoms with E-state index in [-0.39, 0.29) is 18.5 Å². The second-order valence-electron chi connectivity index (χ2n) is 28.1. The van der Waals surface area contributed by atoms with Gasteiger partial charge in [0.25, 0.3) is 0 Å². The highest BCUT2D eigenvalue weighted by Crippen LogP contribution is 2.19. The molecule has 0 heterocycles. The van der Waals surface area contributed by atoms with Gasteiger partial charge in [-0.3, -0.25) is 9.59 Å². The fraction of sp³-hybridized carbons (Fsp3) is 0.859. The Morgan fingerprint density at radius 1 is 0.308 bits per heavy atom. The minimum absolute atomic E-state index is 0.00952. The van der Waals surface area contributed by atoms with Crippen LogP contribution in [0.5, 0.6) is 0 Å². The maximum atomic E-state index is 12.6. The number of unbranched alkanes of at least 4 members (excludes halogenated alkanes) is 58. The van der Waals surface area contributed by atoms with Crippen LogP contribution in [-0.4, -0.2) is 47.4 Å². The van der Waals surface area contributed by atoms with E-state index in [0.29, 0.717) is 19.4 Å². The van der Waals surface area contributed by atoms with Crippen molar-refractivity contribution in [3.05, 3.63) is 60.8 Å². The first-order valence-corrected chi connectivity index (χ1v) is 41.1. The molecule has 0 aromatic heterocycles. The number of nitrogens with one attached hydrogen (secondary N) is 1. The highest BCUT2D eigenvalue weighted by molar-refractivity contribution is 5.76. The Labute approximate surface area is 569 Å². The zero-order valence-corrected chi connectivity index (χ0v) is 61.3. The van der Waals surface area contributed by atoms with Crippen LogP contribution in [0.4, 0.5) is 0 Å². The molecule has 2 unspecified atom stereocenters. The molecule has 6 heteroatoms. The van der Waals surface area contributed by atoms with Crippen molar-refractivity contribution in [2.75, 3.05) is 13.2 Å². The number of allylic oxidation sites excluding steroid dienone is 9. The smallest absolute Gasteiger partial charge is 0.305 e. The van der Waals surface area contributed by atoms with Gasteiger partial charge >= 0.3 is 5.97 Å². The topological polar surface area (TPSA) is 95.9 Å². The van der Waals surface area contributed by atoms with Crippen LogP contribution < -0.4 is 5.32 Å². The van der Waals surface area contributed by atoms with Crippen molar-refractivity contribution < 1.29 is 24.5 Å². The van der Waals surface area contributed by atoms with Crippen LogP contribution in [0.25, 0.3) is 0 Å². The second-order valence-corrected chi connectivity index (χ2v) is 28.1. The Kier molecular flexibility index (Phi) is 77.9. The zero-order valence-electron chi connectivity index (χ0n) is 61.3. The number of ether oxygens (including phenoxy) is 1. The highest BCUT2D eigenvalue weighted by atomic mass is 16.5. The molecule has 0 spiro atoms. The van der Waals surface area contributed by atoms with E-state index < -0.39 is 12.1 Å². The number of carbonyl (C=O) groups excluding carboxylic acids is 2. The van der Waals surface area contributed by atoms with E-state index in [0.717, 1.165) is 57.8 Å². The quantitative estimate of drug-likeness (QED) is 0.0320. The maximum absolute atomic E-state index is 12.6. The van der Waals surface area contributed by atoms with E-state index in [1.165, 1.54) is 360 Å². The van der Waals surface area contributed by atoms with Gasteiger partial charge in [0.05, 0.1) is 25.4 Å². The Balaban J connectivity index is 3.41. The molecule has 0 aliphatic heterocycles. The van der Waals surface area contributed by atoms with Crippen molar-refractivity contribution in [3.63, 3.8) is 0 Å². The summed E-state index contributed by atoms with van der Waals surface area (Å²) < 4.78 is 5.51. The molecule has 3 N–H and O–H groups in total. The lowest BCUT2D eigenvalue weighted by molar-refractivity contribution is -0.143. The van der Waals surface area contributed by atoms with Crippen molar-refractivity contribution in [3.8, 4) is 0 Å². The molecule has 534 valence electrons. The predicted octanol–water partition coefficient (Wildman–Crippen LogP) is 27.3. The van der Waals surface area contributed by atoms with Crippen LogP contribution in [0, 0.1) is 0 Å². The number of aliphatic hydroxyl groups excluding tert-OH is 2. The van der Waals surface area contributed by atoms with E-state index in [4.69, 9.17) is 4.74 Å². The van der Waals surface area contributed by atoms with Gasteiger partial charge in [0.2, 0.25) is 5.91 Å². The van der Waals surface area contributed by atoms with Crippen LogP contribution in [0.2, 0.25) is 0 Å². The SMILES string of the molecule is CCCCC/C=C\C/C=C\CCCCCCCCCCCC(=O)OCCCCCCCCCCC/C=C\C/C=C\CCCCCCCCCCCCCCCCCC(=O)NC(CO)C(O)/C=C/CCCCCCCCCCCCCCCCCCCCCCCC. The van der Waals surface area contributed by atoms with Crippen molar-refractivity contribution in [2.45, 2.75) is 456 Å². The summed E-state index contributed by atoms with van der Waals surface area (Å²) >= 11 is 0. The summed E-state index contributed by atoms with van der Waals surface area (Å²) in [7, 11) is 0. The Hall–Kier alpha value is -2.44. The molecule has 0 saturated heterocycles. The van der Waals surface area contributed by atoms with Crippen LogP contribution in [-0.2, 0) is 14.3 Å². The Morgan fingerprint density at radius 2 is 0.549 bits per heavy atom. The molecule has 0 aliphatic carbocycles. The summed E-state index contributed by atoms with van der Waals surface area (Å²) in [6, 6.07) is -0.630. The van der Waals surface area contributed by atoms with Gasteiger partial charge in [-0.15, -0.1) is 0 Å². The number of aliphatic hydroxyl groups is 2. The standard InChI is InChI=1S/C85H159NO5/c1-3-5-7-9-11-13-15-17-19-21-23-24-25-35-38-42-45-49-53-57-61-65-69-73-77-83(88)82(81-87)86-84(89)78-74-70-66-62-58-54-50-46-43-39-36-33-31-29-27-26-28-30-32-34-37-40-44-48-52-56-60-64-68-72-76-80-91-85(90)79-75-71-67-63-59-55-51-47-41-22-20-18-16-14-12-10-8-6-4-2/h12,14,18,20,28,30,34,37,73,77,82-83,87-88H,3-11,13,15-17,19,21-27,29,31-33,35-36,38-72,74-76,78-81H2,1-2H3,(H,86,89)/b14-12-,20-18-,30-28-,37-34-,77-73+. The molecular formula is C85H159NO5.